The summed E-state index contributed by atoms with van der Waals surface area (Å²) in [7, 11) is -7.05. The van der Waals surface area contributed by atoms with Crippen LogP contribution < -0.4 is 4.72 Å². The van der Waals surface area contributed by atoms with Gasteiger partial charge in [0.2, 0.25) is 10.0 Å². The topological polar surface area (TPSA) is 118 Å². The first-order valence-corrected chi connectivity index (χ1v) is 9.99. The summed E-state index contributed by atoms with van der Waals surface area (Å²) >= 11 is 0. The van der Waals surface area contributed by atoms with Crippen LogP contribution in [0.4, 0.5) is 0 Å². The molecule has 20 heavy (non-hydrogen) atoms. The van der Waals surface area contributed by atoms with Crippen molar-refractivity contribution in [2.24, 2.45) is 11.8 Å². The predicted molar refractivity (Wildman–Crippen MR) is 76.7 cm³/mol. The zero-order chi connectivity index (χ0) is 16.0. The number of hydrogen-bond donors (Lipinski definition) is 2. The van der Waals surface area contributed by atoms with Gasteiger partial charge in [-0.3, -0.25) is 4.79 Å². The van der Waals surface area contributed by atoms with Crippen molar-refractivity contribution in [3.05, 3.63) is 0 Å². The van der Waals surface area contributed by atoms with Crippen molar-refractivity contribution in [1.82, 2.24) is 4.72 Å². The van der Waals surface area contributed by atoms with Crippen LogP contribution in [0.2, 0.25) is 0 Å². The molecule has 2 N–H and O–H groups in total. The molecular formula is C11H23NO6S2. The first-order valence-electron chi connectivity index (χ1n) is 6.28. The van der Waals surface area contributed by atoms with Crippen LogP contribution in [0.5, 0.6) is 0 Å². The number of aliphatic carboxylic acids is 1. The van der Waals surface area contributed by atoms with Crippen molar-refractivity contribution in [2.45, 2.75) is 26.7 Å². The van der Waals surface area contributed by atoms with Gasteiger partial charge >= 0.3 is 5.97 Å². The van der Waals surface area contributed by atoms with E-state index in [2.05, 4.69) is 4.72 Å². The highest BCUT2D eigenvalue weighted by Gasteiger charge is 2.19. The Labute approximate surface area is 120 Å². The number of carboxylic acid groups (broad SMARTS) is 1. The molecular weight excluding hydrogens is 306 g/mol. The maximum absolute atomic E-state index is 11.6. The zero-order valence-corrected chi connectivity index (χ0v) is 13.6. The van der Waals surface area contributed by atoms with E-state index in [0.717, 1.165) is 6.26 Å². The molecule has 0 fully saturated rings. The number of carbonyl (C=O) groups is 1. The molecule has 0 bridgehead atoms. The van der Waals surface area contributed by atoms with Crippen LogP contribution in [0.25, 0.3) is 0 Å². The number of hydrogen-bond acceptors (Lipinski definition) is 5. The van der Waals surface area contributed by atoms with E-state index in [0.29, 0.717) is 6.42 Å². The minimum absolute atomic E-state index is 0.0105. The second-order valence-electron chi connectivity index (χ2n) is 5.39. The van der Waals surface area contributed by atoms with Crippen molar-refractivity contribution in [2.75, 3.05) is 24.3 Å². The van der Waals surface area contributed by atoms with Gasteiger partial charge in [-0.2, -0.15) is 0 Å². The highest BCUT2D eigenvalue weighted by molar-refractivity contribution is 7.93. The molecule has 0 amide bonds. The van der Waals surface area contributed by atoms with Crippen LogP contribution in [0.1, 0.15) is 26.7 Å². The minimum atomic E-state index is -3.70. The van der Waals surface area contributed by atoms with Gasteiger partial charge in [-0.05, 0) is 18.3 Å². The van der Waals surface area contributed by atoms with Gasteiger partial charge in [-0.1, -0.05) is 13.8 Å². The highest BCUT2D eigenvalue weighted by atomic mass is 32.2. The number of carboxylic acids is 1. The molecule has 0 aromatic carbocycles. The lowest BCUT2D eigenvalue weighted by Crippen LogP contribution is -2.34. The first kappa shape index (κ1) is 19.3. The third kappa shape index (κ3) is 11.2. The summed E-state index contributed by atoms with van der Waals surface area (Å²) in [6.07, 6.45) is 1.43. The van der Waals surface area contributed by atoms with Crippen molar-refractivity contribution < 1.29 is 26.7 Å². The normalized spacial score (nSPS) is 14.4. The van der Waals surface area contributed by atoms with Gasteiger partial charge in [0, 0.05) is 19.2 Å². The van der Waals surface area contributed by atoms with E-state index in [1.807, 2.05) is 13.8 Å². The standard InChI is InChI=1S/C11H23NO6S2/c1-9(2)6-10(7-11(13)14)8-12-20(17,18)5-4-19(3,15)16/h9-10,12H,4-8H2,1-3H3,(H,13,14). The monoisotopic (exact) mass is 329 g/mol. The molecule has 1 unspecified atom stereocenters. The smallest absolute Gasteiger partial charge is 0.303 e. The fourth-order valence-electron chi connectivity index (χ4n) is 1.73. The van der Waals surface area contributed by atoms with E-state index < -0.39 is 37.3 Å². The molecule has 0 rings (SSSR count). The largest absolute Gasteiger partial charge is 0.481 e. The second-order valence-corrected chi connectivity index (χ2v) is 9.58. The molecule has 7 nitrogen and oxygen atoms in total. The van der Waals surface area contributed by atoms with Crippen molar-refractivity contribution in [1.29, 1.82) is 0 Å². The van der Waals surface area contributed by atoms with Gasteiger partial charge in [0.15, 0.2) is 0 Å². The molecule has 0 aliphatic rings. The molecule has 0 radical (unpaired) electrons. The quantitative estimate of drug-likeness (QED) is 0.586. The van der Waals surface area contributed by atoms with Crippen LogP contribution in [-0.2, 0) is 24.7 Å². The summed E-state index contributed by atoms with van der Waals surface area (Å²) in [5, 5.41) is 8.78. The van der Waals surface area contributed by atoms with Gasteiger partial charge in [-0.15, -0.1) is 0 Å². The Morgan fingerprint density at radius 1 is 1.15 bits per heavy atom. The minimum Gasteiger partial charge on any atom is -0.481 e. The summed E-state index contributed by atoms with van der Waals surface area (Å²) in [6, 6.07) is 0. The van der Waals surface area contributed by atoms with Crippen LogP contribution in [0, 0.1) is 11.8 Å². The maximum Gasteiger partial charge on any atom is 0.303 e. The van der Waals surface area contributed by atoms with Gasteiger partial charge in [-0.25, -0.2) is 21.6 Å². The van der Waals surface area contributed by atoms with Gasteiger partial charge in [0.25, 0.3) is 0 Å². The summed E-state index contributed by atoms with van der Waals surface area (Å²) in [5.41, 5.74) is 0. The molecule has 0 saturated heterocycles. The summed E-state index contributed by atoms with van der Waals surface area (Å²) < 4.78 is 47.4. The molecule has 0 aliphatic carbocycles. The molecule has 1 atom stereocenters. The van der Waals surface area contributed by atoms with Crippen molar-refractivity contribution in [3.63, 3.8) is 0 Å². The highest BCUT2D eigenvalue weighted by Crippen LogP contribution is 2.15. The summed E-state index contributed by atoms with van der Waals surface area (Å²) in [5.74, 6) is -1.99. The molecule has 0 aliphatic heterocycles. The maximum atomic E-state index is 11.6. The number of nitrogens with one attached hydrogen (secondary N) is 1. The average Bonchev–Trinajstić information content (AvgIpc) is 2.21. The summed E-state index contributed by atoms with van der Waals surface area (Å²) in [4.78, 5) is 10.7. The lowest BCUT2D eigenvalue weighted by atomic mass is 9.94. The van der Waals surface area contributed by atoms with E-state index >= 15 is 0 Å². The average molecular weight is 329 g/mol. The van der Waals surface area contributed by atoms with Crippen LogP contribution in [-0.4, -0.2) is 52.2 Å². The number of rotatable bonds is 10. The third-order valence-corrected chi connectivity index (χ3v) is 5.14. The SMILES string of the molecule is CC(C)CC(CNS(=O)(=O)CCS(C)(=O)=O)CC(=O)O. The Morgan fingerprint density at radius 2 is 1.70 bits per heavy atom. The molecule has 9 heteroatoms. The molecule has 0 heterocycles. The molecule has 0 aromatic heterocycles. The molecule has 0 spiro atoms. The number of sulfone groups is 1. The summed E-state index contributed by atoms with van der Waals surface area (Å²) in [6.45, 7) is 3.86. The number of sulfonamides is 1. The Balaban J connectivity index is 4.48. The molecule has 0 aromatic rings. The lowest BCUT2D eigenvalue weighted by Gasteiger charge is -2.17. The van der Waals surface area contributed by atoms with E-state index in [4.69, 9.17) is 5.11 Å². The van der Waals surface area contributed by atoms with Gasteiger partial charge in [0.05, 0.1) is 11.5 Å². The zero-order valence-electron chi connectivity index (χ0n) is 12.0. The van der Waals surface area contributed by atoms with Crippen LogP contribution >= 0.6 is 0 Å². The van der Waals surface area contributed by atoms with E-state index in [1.54, 1.807) is 0 Å². The lowest BCUT2D eigenvalue weighted by molar-refractivity contribution is -0.138. The molecule has 0 saturated carbocycles. The van der Waals surface area contributed by atoms with Crippen LogP contribution in [0.3, 0.4) is 0 Å². The first-order chi connectivity index (χ1) is 8.91. The van der Waals surface area contributed by atoms with Crippen molar-refractivity contribution >= 4 is 25.8 Å². The second kappa shape index (κ2) is 7.94. The Bertz CT molecular complexity index is 509. The fourth-order valence-corrected chi connectivity index (χ4v) is 4.45. The Hall–Kier alpha value is -0.670. The van der Waals surface area contributed by atoms with Gasteiger partial charge < -0.3 is 5.11 Å². The van der Waals surface area contributed by atoms with E-state index in [1.165, 1.54) is 0 Å². The Kier molecular flexibility index (Phi) is 7.67. The molecule has 120 valence electrons. The van der Waals surface area contributed by atoms with Gasteiger partial charge in [0.1, 0.15) is 9.84 Å². The van der Waals surface area contributed by atoms with E-state index in [-0.39, 0.29) is 24.8 Å². The van der Waals surface area contributed by atoms with Crippen LogP contribution in [0.15, 0.2) is 0 Å². The third-order valence-electron chi connectivity index (χ3n) is 2.58. The predicted octanol–water partition coefficient (Wildman–Crippen LogP) is 0.0874. The van der Waals surface area contributed by atoms with Crippen molar-refractivity contribution in [3.8, 4) is 0 Å². The Morgan fingerprint density at radius 3 is 2.10 bits per heavy atom. The fraction of sp³-hybridized carbons (Fsp3) is 0.909. The van der Waals surface area contributed by atoms with E-state index in [9.17, 15) is 21.6 Å².